The Hall–Kier alpha value is -2.49. The smallest absolute Gasteiger partial charge is 0.286 e. The van der Waals surface area contributed by atoms with Gasteiger partial charge in [0.2, 0.25) is 0 Å². The van der Waals surface area contributed by atoms with Crippen LogP contribution in [0, 0.1) is 5.92 Å². The summed E-state index contributed by atoms with van der Waals surface area (Å²) in [6.45, 7) is 8.81. The molecule has 1 unspecified atom stereocenters. The van der Waals surface area contributed by atoms with Crippen LogP contribution in [0.5, 0.6) is 0 Å². The first-order valence-electron chi connectivity index (χ1n) is 8.50. The van der Waals surface area contributed by atoms with E-state index in [1.165, 1.54) is 11.1 Å². The van der Waals surface area contributed by atoms with Gasteiger partial charge in [-0.3, -0.25) is 0 Å². The summed E-state index contributed by atoms with van der Waals surface area (Å²) in [5.41, 5.74) is 3.90. The van der Waals surface area contributed by atoms with Gasteiger partial charge in [0.1, 0.15) is 0 Å². The first kappa shape index (κ1) is 16.4. The fourth-order valence-corrected chi connectivity index (χ4v) is 2.71. The van der Waals surface area contributed by atoms with Crippen molar-refractivity contribution in [3.8, 4) is 0 Å². The molecule has 0 amide bonds. The second-order valence-corrected chi connectivity index (χ2v) is 6.83. The molecule has 2 aromatic rings. The van der Waals surface area contributed by atoms with Crippen molar-refractivity contribution in [2.24, 2.45) is 10.9 Å². The molecule has 0 fully saturated rings. The standard InChI is InChI=1S/C10H12N2.C10H13N2/c1-8(2)9-3-4-10-5-11-7-12(10)6-9;1-8(2)9-3-4-12-7-11-6-10(12)5-9/h3-8H,1-2H3;3-8,10H,1-2H3/q;+1. The number of pyridine rings is 1. The van der Waals surface area contributed by atoms with E-state index in [9.17, 15) is 0 Å². The van der Waals surface area contributed by atoms with Gasteiger partial charge in [0.15, 0.2) is 12.3 Å². The molecule has 4 heteroatoms. The van der Waals surface area contributed by atoms with Crippen LogP contribution in [-0.2, 0) is 0 Å². The normalized spacial score (nSPS) is 18.5. The van der Waals surface area contributed by atoms with Gasteiger partial charge in [-0.25, -0.2) is 9.56 Å². The summed E-state index contributed by atoms with van der Waals surface area (Å²) in [4.78, 5) is 8.17. The fourth-order valence-electron chi connectivity index (χ4n) is 2.71. The number of aromatic nitrogens is 2. The number of imidazole rings is 1. The molecule has 4 heterocycles. The molecule has 0 aromatic carbocycles. The maximum atomic E-state index is 4.10. The predicted molar refractivity (Wildman–Crippen MR) is 99.9 cm³/mol. The zero-order valence-corrected chi connectivity index (χ0v) is 14.8. The van der Waals surface area contributed by atoms with E-state index in [0.29, 0.717) is 17.9 Å². The Balaban J connectivity index is 0.000000141. The molecule has 0 saturated heterocycles. The minimum atomic E-state index is 0.368. The van der Waals surface area contributed by atoms with Gasteiger partial charge >= 0.3 is 0 Å². The van der Waals surface area contributed by atoms with Crippen LogP contribution in [-0.4, -0.2) is 32.6 Å². The van der Waals surface area contributed by atoms with Gasteiger partial charge in [-0.2, -0.15) is 0 Å². The molecule has 4 rings (SSSR count). The summed E-state index contributed by atoms with van der Waals surface area (Å²) in [6.07, 6.45) is 16.2. The molecular weight excluding hydrogens is 296 g/mol. The molecule has 24 heavy (non-hydrogen) atoms. The lowest BCUT2D eigenvalue weighted by Gasteiger charge is -2.13. The minimum Gasteiger partial charge on any atom is -0.306 e. The molecule has 0 spiro atoms. The molecular formula is C20H25N4+. The van der Waals surface area contributed by atoms with Crippen LogP contribution in [0.4, 0.5) is 0 Å². The quantitative estimate of drug-likeness (QED) is 0.768. The highest BCUT2D eigenvalue weighted by molar-refractivity contribution is 5.79. The summed E-state index contributed by atoms with van der Waals surface area (Å²) in [5, 5.41) is 0. The maximum Gasteiger partial charge on any atom is 0.286 e. The van der Waals surface area contributed by atoms with Crippen LogP contribution in [0.1, 0.15) is 39.2 Å². The minimum absolute atomic E-state index is 0.368. The molecule has 2 aromatic heterocycles. The molecule has 0 bridgehead atoms. The average molecular weight is 321 g/mol. The number of aliphatic imine (C=N–C) groups is 1. The van der Waals surface area contributed by atoms with E-state index in [2.05, 4.69) is 83.3 Å². The van der Waals surface area contributed by atoms with E-state index >= 15 is 0 Å². The summed E-state index contributed by atoms with van der Waals surface area (Å²) in [7, 11) is 0. The third kappa shape index (κ3) is 3.53. The van der Waals surface area contributed by atoms with E-state index in [1.807, 2.05) is 25.1 Å². The van der Waals surface area contributed by atoms with Crippen molar-refractivity contribution < 1.29 is 4.58 Å². The van der Waals surface area contributed by atoms with Crippen LogP contribution in [0.25, 0.3) is 5.52 Å². The number of allylic oxidation sites excluding steroid dienone is 2. The summed E-state index contributed by atoms with van der Waals surface area (Å²) >= 11 is 0. The van der Waals surface area contributed by atoms with Gasteiger partial charge in [0.25, 0.3) is 6.34 Å². The highest BCUT2D eigenvalue weighted by Crippen LogP contribution is 2.17. The van der Waals surface area contributed by atoms with E-state index < -0.39 is 0 Å². The van der Waals surface area contributed by atoms with Gasteiger partial charge in [0, 0.05) is 6.20 Å². The fraction of sp³-hybridized carbons (Fsp3) is 0.350. The zero-order chi connectivity index (χ0) is 17.1. The largest absolute Gasteiger partial charge is 0.306 e. The van der Waals surface area contributed by atoms with Crippen molar-refractivity contribution in [1.29, 1.82) is 0 Å². The molecule has 0 N–H and O–H groups in total. The van der Waals surface area contributed by atoms with Crippen LogP contribution in [0.3, 0.4) is 0 Å². The number of hydrogen-bond donors (Lipinski definition) is 0. The van der Waals surface area contributed by atoms with Crippen LogP contribution >= 0.6 is 0 Å². The van der Waals surface area contributed by atoms with E-state index in [1.54, 1.807) is 0 Å². The second kappa shape index (κ2) is 6.95. The molecule has 2 aliphatic rings. The van der Waals surface area contributed by atoms with Crippen molar-refractivity contribution >= 4 is 18.1 Å². The Morgan fingerprint density at radius 3 is 2.71 bits per heavy atom. The van der Waals surface area contributed by atoms with Gasteiger partial charge < -0.3 is 4.40 Å². The molecule has 0 saturated carbocycles. The second-order valence-electron chi connectivity index (χ2n) is 6.83. The van der Waals surface area contributed by atoms with Crippen molar-refractivity contribution in [3.63, 3.8) is 0 Å². The highest BCUT2D eigenvalue weighted by Gasteiger charge is 2.21. The third-order valence-electron chi connectivity index (χ3n) is 4.35. The van der Waals surface area contributed by atoms with Crippen LogP contribution < -0.4 is 0 Å². The Bertz CT molecular complexity index is 834. The number of fused-ring (bicyclic) bond motifs is 2. The molecule has 1 atom stereocenters. The average Bonchev–Trinajstić information content (AvgIpc) is 3.22. The van der Waals surface area contributed by atoms with Crippen molar-refractivity contribution in [1.82, 2.24) is 9.38 Å². The number of rotatable bonds is 2. The Morgan fingerprint density at radius 2 is 1.96 bits per heavy atom. The monoisotopic (exact) mass is 321 g/mol. The van der Waals surface area contributed by atoms with Gasteiger partial charge in [-0.1, -0.05) is 38.8 Å². The van der Waals surface area contributed by atoms with E-state index in [0.717, 1.165) is 5.52 Å². The molecule has 0 radical (unpaired) electrons. The molecule has 0 aliphatic carbocycles. The molecule has 2 aliphatic heterocycles. The Kier molecular flexibility index (Phi) is 4.74. The number of hydrogen-bond acceptors (Lipinski definition) is 2. The molecule has 124 valence electrons. The van der Waals surface area contributed by atoms with Gasteiger partial charge in [0.05, 0.1) is 24.2 Å². The van der Waals surface area contributed by atoms with E-state index in [-0.39, 0.29) is 0 Å². The van der Waals surface area contributed by atoms with Crippen molar-refractivity contribution in [2.75, 3.05) is 0 Å². The Labute approximate surface area is 143 Å². The predicted octanol–water partition coefficient (Wildman–Crippen LogP) is 4.05. The van der Waals surface area contributed by atoms with Gasteiger partial charge in [-0.15, -0.1) is 0 Å². The van der Waals surface area contributed by atoms with Gasteiger partial charge in [-0.05, 0) is 41.2 Å². The first-order valence-corrected chi connectivity index (χ1v) is 8.50. The summed E-state index contributed by atoms with van der Waals surface area (Å²) < 4.78 is 4.15. The third-order valence-corrected chi connectivity index (χ3v) is 4.35. The van der Waals surface area contributed by atoms with Crippen molar-refractivity contribution in [2.45, 2.75) is 39.7 Å². The first-order chi connectivity index (χ1) is 11.5. The lowest BCUT2D eigenvalue weighted by molar-refractivity contribution is -0.460. The summed E-state index contributed by atoms with van der Waals surface area (Å²) in [5.74, 6) is 1.19. The topological polar surface area (TPSA) is 32.7 Å². The van der Waals surface area contributed by atoms with E-state index in [4.69, 9.17) is 0 Å². The number of nitrogens with zero attached hydrogens (tertiary/aromatic N) is 4. The van der Waals surface area contributed by atoms with Crippen LogP contribution in [0.15, 0.2) is 59.8 Å². The SMILES string of the molecule is CC(C)C1=CC2C=NC=[N+]2C=C1.CC(C)c1ccc2cncn2c1. The lowest BCUT2D eigenvalue weighted by atomic mass is 9.99. The lowest BCUT2D eigenvalue weighted by Crippen LogP contribution is -2.21. The highest BCUT2D eigenvalue weighted by atomic mass is 15.1. The zero-order valence-electron chi connectivity index (χ0n) is 14.8. The maximum absolute atomic E-state index is 4.10. The summed E-state index contributed by atoms with van der Waals surface area (Å²) in [6, 6.07) is 4.62. The van der Waals surface area contributed by atoms with Crippen LogP contribution in [0.2, 0.25) is 0 Å². The molecule has 4 nitrogen and oxygen atoms in total. The van der Waals surface area contributed by atoms with Crippen molar-refractivity contribution in [3.05, 3.63) is 60.3 Å². The Morgan fingerprint density at radius 1 is 1.12 bits per heavy atom.